The number of hydrogen-bond acceptors (Lipinski definition) is 12. The molecule has 13 atom stereocenters. The van der Waals surface area contributed by atoms with Crippen LogP contribution >= 0.6 is 23.2 Å². The van der Waals surface area contributed by atoms with Crippen LogP contribution in [0.5, 0.6) is 0 Å². The molecule has 20 nitrogen and oxygen atoms in total. The summed E-state index contributed by atoms with van der Waals surface area (Å²) in [5, 5.41) is 46.2. The first kappa shape index (κ1) is 84.4. The van der Waals surface area contributed by atoms with Crippen molar-refractivity contribution in [1.29, 1.82) is 15.8 Å². The van der Waals surface area contributed by atoms with Gasteiger partial charge in [0.05, 0.1) is 57.1 Å². The number of likely N-dealkylation sites (tertiary alicyclic amines) is 2. The molecule has 6 N–H and O–H groups in total. The average molecular weight is 1640 g/mol. The van der Waals surface area contributed by atoms with Gasteiger partial charge in [0.1, 0.15) is 17.5 Å². The van der Waals surface area contributed by atoms with Gasteiger partial charge in [-0.05, 0) is 272 Å². The second-order valence-corrected chi connectivity index (χ2v) is 36.2. The van der Waals surface area contributed by atoms with E-state index in [4.69, 9.17) is 23.2 Å². The van der Waals surface area contributed by atoms with Crippen LogP contribution < -0.4 is 25.4 Å². The largest absolute Gasteiger partial charge is 0.419 e. The van der Waals surface area contributed by atoms with E-state index in [1.54, 1.807) is 4.90 Å². The molecular weight excluding hydrogens is 1540 g/mol. The molecule has 0 aromatic heterocycles. The molecule has 2 saturated heterocycles. The lowest BCUT2D eigenvalue weighted by molar-refractivity contribution is -0.139. The fraction of sp³-hybridized carbons (Fsp3) is 0.512. The minimum absolute atomic E-state index is 0.0166. The van der Waals surface area contributed by atoms with E-state index in [-0.39, 0.29) is 92.2 Å². The molecule has 0 bridgehead atoms. The fourth-order valence-corrected chi connectivity index (χ4v) is 21.2. The third-order valence-electron chi connectivity index (χ3n) is 26.6. The van der Waals surface area contributed by atoms with E-state index < -0.39 is 45.4 Å². The highest BCUT2D eigenvalue weighted by atomic mass is 35.5. The van der Waals surface area contributed by atoms with E-state index in [1.807, 2.05) is 84.6 Å². The van der Waals surface area contributed by atoms with Crippen molar-refractivity contribution >= 4 is 68.6 Å². The maximum absolute atomic E-state index is 13.9. The van der Waals surface area contributed by atoms with Gasteiger partial charge in [-0.1, -0.05) is 73.4 Å². The molecule has 2 unspecified atom stereocenters. The Morgan fingerprint density at radius 2 is 1.12 bits per heavy atom. The number of nitrogens with zero attached hydrogens (tertiary/aromatic N) is 9. The van der Waals surface area contributed by atoms with Gasteiger partial charge < -0.3 is 45.6 Å². The number of aliphatic hydroxyl groups is 1. The molecule has 29 heteroatoms. The van der Waals surface area contributed by atoms with Crippen molar-refractivity contribution in [3.05, 3.63) is 194 Å². The molecule has 2 heterocycles. The van der Waals surface area contributed by atoms with Gasteiger partial charge >= 0.3 is 24.3 Å². The van der Waals surface area contributed by atoms with Crippen molar-refractivity contribution in [2.45, 2.75) is 156 Å². The Balaban J connectivity index is 0.000000152. The number of likely N-dealkylation sites (N-methyl/N-ethyl adjacent to an activating group) is 1. The number of rotatable bonds is 25. The van der Waals surface area contributed by atoms with Crippen LogP contribution in [0.15, 0.2) is 127 Å². The summed E-state index contributed by atoms with van der Waals surface area (Å²) in [4.78, 5) is 52.7. The van der Waals surface area contributed by atoms with Gasteiger partial charge in [-0.15, -0.1) is 0 Å². The van der Waals surface area contributed by atoms with Crippen LogP contribution in [0.3, 0.4) is 0 Å². The maximum atomic E-state index is 13.9. The van der Waals surface area contributed by atoms with Crippen LogP contribution in [-0.4, -0.2) is 178 Å². The number of aliphatic hydroxyl groups excluding tert-OH is 1. The molecule has 7 saturated carbocycles. The summed E-state index contributed by atoms with van der Waals surface area (Å²) in [5.41, 5.74) is 5.29. The topological polar surface area (TPSA) is 257 Å². The van der Waals surface area contributed by atoms with Crippen LogP contribution in [0.25, 0.3) is 0 Å². The highest BCUT2D eigenvalue weighted by Gasteiger charge is 2.67. The maximum Gasteiger partial charge on any atom is 0.419 e. The molecule has 6 amide bonds. The first-order chi connectivity index (χ1) is 54.9. The van der Waals surface area contributed by atoms with Crippen LogP contribution in [0.4, 0.5) is 57.8 Å². The second kappa shape index (κ2) is 34.6. The molecule has 612 valence electrons. The number of halogens is 8. The standard InChI is InChI=1S/C33H38F4N4O2.C29H36ClFN6O3S.C24H26ClFN4O/c1-31(2)25-18-40(28(19-42)29(25)31)13-3-4-14-41(30(43)39-22-9-10-26(34)23(15-22)33(35,36)37)27-11-12-32(16-24(27)32)21-7-5-20(17-38)6-8-21;1-33-41(39,40)35-24-9-13-36(19-24)11-3-12-37(28(38)34-23-6-7-27(31)26(30)16-23)25-8-10-29(17-22(29)15-25)21-5-2-4-20(14-21)18-32;1-29(2)10-11-30(23(31)28-18-6-7-21(26)20(25)13-18)22-8-9-24(14-19(22)24)17-5-3-4-16(12-17)15-27/h5-10,15,24-25,27-29,42H,3-4,11-14,16,18-19H2,1-2H3,(H,39,43);2,4-7,14,16,22,24-25,33,35H,3,8-13,15,17,19H2,1H3,(H,34,38);3-7,12-13,19,22H,8-11,14H2,1-2H3,(H,28,31)/t24-,25-,27-,28-,29+,32-;22?,24?,25-,29+;19-,22-,24-/m111/s1. The van der Waals surface area contributed by atoms with Gasteiger partial charge in [0.2, 0.25) is 0 Å². The predicted molar refractivity (Wildman–Crippen MR) is 429 cm³/mol. The first-order valence-electron chi connectivity index (χ1n) is 39.8. The Morgan fingerprint density at radius 1 is 0.591 bits per heavy atom. The Hall–Kier alpha value is -8.53. The number of hydrogen-bond donors (Lipinski definition) is 6. The zero-order chi connectivity index (χ0) is 82.1. The zero-order valence-corrected chi connectivity index (χ0v) is 67.6. The van der Waals surface area contributed by atoms with Gasteiger partial charge in [0, 0.05) is 104 Å². The number of alkyl halides is 3. The summed E-state index contributed by atoms with van der Waals surface area (Å²) < 4.78 is 110. The molecule has 9 fully saturated rings. The highest BCUT2D eigenvalue weighted by Crippen LogP contribution is 2.68. The average Bonchev–Trinajstić information content (AvgIpc) is 1.55. The SMILES string of the molecule is CC1(C)[C@@H]2[C@@H](CO)N(CCCCN(C(=O)Nc3ccc(F)c(C(F)(F)F)c3)[C@@H]3CC[C@]4(c5ccc(C#N)cc5)C[C@H]34)C[C@H]21.CN(C)CCN(C(=O)Nc1ccc(F)c(Cl)c1)[C@@H]1CC[C@]2(c3cccc(C#N)c3)C[C@H]12.CNS(=O)(=O)NC1CCN(CCCN(C(=O)Nc2ccc(F)c(Cl)c2)[C@@H]2CC[C@@]3(c4cccc(C#N)c4)CC3C2)C1. The van der Waals surface area contributed by atoms with E-state index in [2.05, 4.69) is 84.3 Å². The van der Waals surface area contributed by atoms with Gasteiger partial charge in [0.25, 0.3) is 10.2 Å². The number of urea groups is 3. The third-order valence-corrected chi connectivity index (χ3v) is 28.3. The molecule has 7 aliphatic carbocycles. The Morgan fingerprint density at radius 3 is 1.65 bits per heavy atom. The molecule has 9 aliphatic rings. The molecule has 0 radical (unpaired) electrons. The van der Waals surface area contributed by atoms with E-state index in [1.165, 1.54) is 54.6 Å². The van der Waals surface area contributed by atoms with Crippen LogP contribution in [0, 0.1) is 86.4 Å². The van der Waals surface area contributed by atoms with E-state index >= 15 is 0 Å². The molecule has 115 heavy (non-hydrogen) atoms. The lowest BCUT2D eigenvalue weighted by Crippen LogP contribution is -2.46. The van der Waals surface area contributed by atoms with E-state index in [0.29, 0.717) is 90.4 Å². The normalized spacial score (nSPS) is 27.0. The number of amides is 6. The van der Waals surface area contributed by atoms with Gasteiger partial charge in [-0.2, -0.15) is 42.1 Å². The number of fused-ring (bicyclic) bond motifs is 4. The quantitative estimate of drug-likeness (QED) is 0.0231. The minimum Gasteiger partial charge on any atom is -0.395 e. The monoisotopic (exact) mass is 1640 g/mol. The van der Waals surface area contributed by atoms with Crippen LogP contribution in [-0.2, 0) is 32.6 Å². The molecule has 2 aliphatic heterocycles. The van der Waals surface area contributed by atoms with Crippen molar-refractivity contribution in [3.63, 3.8) is 0 Å². The number of carbonyl (C=O) groups excluding carboxylic acids is 3. The summed E-state index contributed by atoms with van der Waals surface area (Å²) in [7, 11) is 1.87. The number of nitriles is 3. The second-order valence-electron chi connectivity index (χ2n) is 33.7. The van der Waals surface area contributed by atoms with Crippen molar-refractivity contribution in [2.75, 3.05) is 103 Å². The summed E-state index contributed by atoms with van der Waals surface area (Å²) in [6, 6.07) is 40.1. The van der Waals surface area contributed by atoms with E-state index in [0.717, 1.165) is 134 Å². The number of anilines is 3. The number of piperidine rings is 1. The first-order valence-corrected chi connectivity index (χ1v) is 42.0. The van der Waals surface area contributed by atoms with Gasteiger partial charge in [-0.3, -0.25) is 4.90 Å². The predicted octanol–water partition coefficient (Wildman–Crippen LogP) is 15.5. The van der Waals surface area contributed by atoms with Crippen LogP contribution in [0.2, 0.25) is 10.0 Å². The highest BCUT2D eigenvalue weighted by molar-refractivity contribution is 7.87. The van der Waals surface area contributed by atoms with Crippen LogP contribution in [0.1, 0.15) is 143 Å². The molecule has 0 spiro atoms. The number of nitrogens with one attached hydrogen (secondary N) is 5. The Labute approximate surface area is 679 Å². The van der Waals surface area contributed by atoms with Crippen molar-refractivity contribution in [3.8, 4) is 18.2 Å². The lowest BCUT2D eigenvalue weighted by atomic mass is 9.80. The molecule has 6 aromatic carbocycles. The van der Waals surface area contributed by atoms with Crippen molar-refractivity contribution < 1.29 is 54.3 Å². The van der Waals surface area contributed by atoms with Gasteiger partial charge in [-0.25, -0.2) is 32.3 Å². The fourth-order valence-electron chi connectivity index (χ4n) is 20.1. The number of benzene rings is 6. The number of unbranched alkanes of at least 4 members (excludes halogenated alkanes) is 1. The van der Waals surface area contributed by atoms with E-state index in [9.17, 15) is 70.0 Å². The Kier molecular flexibility index (Phi) is 25.4. The summed E-state index contributed by atoms with van der Waals surface area (Å²) in [6.45, 7) is 10.9. The molecular formula is C86H100Cl2F6N14O6S. The summed E-state index contributed by atoms with van der Waals surface area (Å²) >= 11 is 11.8. The lowest BCUT2D eigenvalue weighted by Gasteiger charge is -2.37. The van der Waals surface area contributed by atoms with Crippen molar-refractivity contribution in [2.24, 2.45) is 35.0 Å². The zero-order valence-electron chi connectivity index (χ0n) is 65.3. The smallest absolute Gasteiger partial charge is 0.395 e. The minimum atomic E-state index is -4.87. The van der Waals surface area contributed by atoms with Gasteiger partial charge in [0.15, 0.2) is 0 Å². The summed E-state index contributed by atoms with van der Waals surface area (Å²) in [5.74, 6) is -0.267. The molecule has 15 rings (SSSR count). The molecule has 6 aromatic rings. The van der Waals surface area contributed by atoms with Crippen molar-refractivity contribution in [1.82, 2.24) is 38.8 Å². The number of carbonyl (C=O) groups is 3. The third kappa shape index (κ3) is 18.6. The Bertz CT molecular complexity index is 4840. The summed E-state index contributed by atoms with van der Waals surface area (Å²) in [6.07, 6.45) is 7.39.